The molecule has 0 unspecified atom stereocenters. The summed E-state index contributed by atoms with van der Waals surface area (Å²) in [5.74, 6) is 1.45. The lowest BCUT2D eigenvalue weighted by Crippen LogP contribution is -2.48. The summed E-state index contributed by atoms with van der Waals surface area (Å²) >= 11 is 6.33. The molecule has 0 saturated carbocycles. The second-order valence-corrected chi connectivity index (χ2v) is 10.3. The molecule has 1 N–H and O–H groups in total. The van der Waals surface area contributed by atoms with E-state index in [1.54, 1.807) is 19.1 Å². The number of hydrogen-bond acceptors (Lipinski definition) is 8. The van der Waals surface area contributed by atoms with Gasteiger partial charge in [0.1, 0.15) is 10.8 Å². The second-order valence-electron chi connectivity index (χ2n) is 8.22. The van der Waals surface area contributed by atoms with E-state index >= 15 is 0 Å². The van der Waals surface area contributed by atoms with Gasteiger partial charge in [0.05, 0.1) is 31.0 Å². The number of pyridine rings is 1. The maximum atomic E-state index is 12.8. The minimum atomic E-state index is -3.93. The highest BCUT2D eigenvalue weighted by atomic mass is 35.5. The molecule has 1 fully saturated rings. The van der Waals surface area contributed by atoms with Gasteiger partial charge in [0, 0.05) is 44.9 Å². The van der Waals surface area contributed by atoms with Crippen LogP contribution in [0.3, 0.4) is 0 Å². The van der Waals surface area contributed by atoms with Crippen molar-refractivity contribution in [1.82, 2.24) is 9.88 Å². The maximum absolute atomic E-state index is 12.8. The van der Waals surface area contributed by atoms with Crippen LogP contribution in [-0.4, -0.2) is 64.6 Å². The van der Waals surface area contributed by atoms with Crippen molar-refractivity contribution in [2.75, 3.05) is 50.0 Å². The number of hydrogen-bond donors (Lipinski definition) is 1. The SMILES string of the molecule is COc1ccc(S(=O)(=O)Nc2cnc(Oc3ccc(N4CCN(C(C)=O)CC4)cc3)c(Cl)c2)cc1OC. The van der Waals surface area contributed by atoms with Crippen molar-refractivity contribution in [2.45, 2.75) is 11.8 Å². The van der Waals surface area contributed by atoms with Crippen molar-refractivity contribution in [2.24, 2.45) is 0 Å². The number of anilines is 2. The third-order valence-corrected chi connectivity index (χ3v) is 7.52. The van der Waals surface area contributed by atoms with Gasteiger partial charge in [-0.1, -0.05) is 11.6 Å². The van der Waals surface area contributed by atoms with Crippen LogP contribution in [0.4, 0.5) is 11.4 Å². The van der Waals surface area contributed by atoms with Crippen molar-refractivity contribution in [1.29, 1.82) is 0 Å². The van der Waals surface area contributed by atoms with Crippen LogP contribution >= 0.6 is 11.6 Å². The van der Waals surface area contributed by atoms with Gasteiger partial charge < -0.3 is 24.0 Å². The molecule has 10 nitrogen and oxygen atoms in total. The first-order valence-electron chi connectivity index (χ1n) is 11.4. The Balaban J connectivity index is 1.41. The number of aromatic nitrogens is 1. The number of halogens is 1. The van der Waals surface area contributed by atoms with Crippen LogP contribution in [0.25, 0.3) is 0 Å². The number of benzene rings is 2. The average Bonchev–Trinajstić information content (AvgIpc) is 2.90. The Morgan fingerprint density at radius 3 is 2.24 bits per heavy atom. The van der Waals surface area contributed by atoms with Crippen LogP contribution < -0.4 is 23.8 Å². The molecule has 0 atom stereocenters. The van der Waals surface area contributed by atoms with E-state index in [0.717, 1.165) is 18.8 Å². The molecule has 2 heterocycles. The van der Waals surface area contributed by atoms with Gasteiger partial charge in [-0.15, -0.1) is 0 Å². The maximum Gasteiger partial charge on any atom is 0.262 e. The van der Waals surface area contributed by atoms with Gasteiger partial charge in [0.15, 0.2) is 11.5 Å². The fourth-order valence-corrected chi connectivity index (χ4v) is 5.12. The number of piperazine rings is 1. The Bertz CT molecular complexity index is 1380. The molecule has 3 aromatic rings. The molecule has 4 rings (SSSR count). The molecule has 196 valence electrons. The molecule has 12 heteroatoms. The number of methoxy groups -OCH3 is 2. The molecule has 0 bridgehead atoms. The summed E-state index contributed by atoms with van der Waals surface area (Å²) in [6.45, 7) is 4.48. The highest BCUT2D eigenvalue weighted by Crippen LogP contribution is 2.33. The second kappa shape index (κ2) is 11.1. The third-order valence-electron chi connectivity index (χ3n) is 5.87. The molecule has 1 aliphatic rings. The molecule has 1 aliphatic heterocycles. The molecule has 1 aromatic heterocycles. The molecule has 1 amide bonds. The van der Waals surface area contributed by atoms with E-state index < -0.39 is 10.0 Å². The summed E-state index contributed by atoms with van der Waals surface area (Å²) < 4.78 is 44.3. The quantitative estimate of drug-likeness (QED) is 0.451. The van der Waals surface area contributed by atoms with Gasteiger partial charge in [-0.2, -0.15) is 0 Å². The van der Waals surface area contributed by atoms with Crippen LogP contribution in [0.15, 0.2) is 59.6 Å². The molecule has 2 aromatic carbocycles. The smallest absolute Gasteiger partial charge is 0.262 e. The lowest BCUT2D eigenvalue weighted by Gasteiger charge is -2.35. The van der Waals surface area contributed by atoms with Gasteiger partial charge in [0.25, 0.3) is 10.0 Å². The van der Waals surface area contributed by atoms with Crippen LogP contribution in [0.1, 0.15) is 6.92 Å². The number of nitrogens with one attached hydrogen (secondary N) is 1. The van der Waals surface area contributed by atoms with Crippen LogP contribution in [-0.2, 0) is 14.8 Å². The Hall–Kier alpha value is -3.70. The van der Waals surface area contributed by atoms with Crippen LogP contribution in [0.2, 0.25) is 5.02 Å². The van der Waals surface area contributed by atoms with E-state index in [0.29, 0.717) is 24.6 Å². The van der Waals surface area contributed by atoms with E-state index in [4.69, 9.17) is 25.8 Å². The molecular weight excluding hydrogens is 520 g/mol. The molecule has 0 spiro atoms. The first-order chi connectivity index (χ1) is 17.7. The summed E-state index contributed by atoms with van der Waals surface area (Å²) in [5.41, 5.74) is 1.20. The number of ether oxygens (including phenoxy) is 3. The Kier molecular flexibility index (Phi) is 7.94. The topological polar surface area (TPSA) is 110 Å². The van der Waals surface area contributed by atoms with E-state index in [-0.39, 0.29) is 33.1 Å². The van der Waals surface area contributed by atoms with Crippen molar-refractivity contribution in [3.05, 3.63) is 59.8 Å². The highest BCUT2D eigenvalue weighted by Gasteiger charge is 2.20. The first kappa shape index (κ1) is 26.4. The molecule has 1 saturated heterocycles. The summed E-state index contributed by atoms with van der Waals surface area (Å²) in [6, 6.07) is 13.2. The number of nitrogens with zero attached hydrogens (tertiary/aromatic N) is 3. The van der Waals surface area contributed by atoms with Crippen LogP contribution in [0.5, 0.6) is 23.1 Å². The summed E-state index contributed by atoms with van der Waals surface area (Å²) in [7, 11) is -1.04. The number of sulfonamides is 1. The molecule has 0 aliphatic carbocycles. The van der Waals surface area contributed by atoms with E-state index in [1.165, 1.54) is 44.7 Å². The van der Waals surface area contributed by atoms with Gasteiger partial charge in [-0.3, -0.25) is 9.52 Å². The van der Waals surface area contributed by atoms with Crippen molar-refractivity contribution >= 4 is 38.9 Å². The van der Waals surface area contributed by atoms with Gasteiger partial charge in [0.2, 0.25) is 11.8 Å². The summed E-state index contributed by atoms with van der Waals surface area (Å²) in [4.78, 5) is 19.7. The zero-order valence-electron chi connectivity index (χ0n) is 20.6. The number of rotatable bonds is 8. The average molecular weight is 547 g/mol. The first-order valence-corrected chi connectivity index (χ1v) is 13.2. The number of carbonyl (C=O) groups excluding carboxylic acids is 1. The summed E-state index contributed by atoms with van der Waals surface area (Å²) in [6.07, 6.45) is 1.32. The molecule has 37 heavy (non-hydrogen) atoms. The van der Waals surface area contributed by atoms with Crippen molar-refractivity contribution in [3.63, 3.8) is 0 Å². The van der Waals surface area contributed by atoms with Crippen molar-refractivity contribution < 1.29 is 27.4 Å². The predicted octanol–water partition coefficient (Wildman–Crippen LogP) is 4.01. The third kappa shape index (κ3) is 6.17. The minimum Gasteiger partial charge on any atom is -0.493 e. The van der Waals surface area contributed by atoms with Gasteiger partial charge >= 0.3 is 0 Å². The fourth-order valence-electron chi connectivity index (χ4n) is 3.87. The number of amides is 1. The van der Waals surface area contributed by atoms with Crippen molar-refractivity contribution in [3.8, 4) is 23.1 Å². The van der Waals surface area contributed by atoms with E-state index in [9.17, 15) is 13.2 Å². The van der Waals surface area contributed by atoms with Gasteiger partial charge in [-0.05, 0) is 42.5 Å². The minimum absolute atomic E-state index is 0.00982. The zero-order valence-corrected chi connectivity index (χ0v) is 22.2. The largest absolute Gasteiger partial charge is 0.493 e. The van der Waals surface area contributed by atoms with Crippen LogP contribution in [0, 0.1) is 0 Å². The monoisotopic (exact) mass is 546 g/mol. The van der Waals surface area contributed by atoms with E-state index in [2.05, 4.69) is 14.6 Å². The molecular formula is C25H27ClN4O6S. The standard InChI is InChI=1S/C25H27ClN4O6S/c1-17(31)29-10-12-30(13-11-29)19-4-6-20(7-5-19)36-25-22(26)14-18(16-27-25)28-37(32,33)21-8-9-23(34-2)24(15-21)35-3/h4-9,14-16,28H,10-13H2,1-3H3. The zero-order chi connectivity index (χ0) is 26.6. The highest BCUT2D eigenvalue weighted by molar-refractivity contribution is 7.92. The Morgan fingerprint density at radius 2 is 1.65 bits per heavy atom. The van der Waals surface area contributed by atoms with Gasteiger partial charge in [-0.25, -0.2) is 13.4 Å². The normalized spacial score (nSPS) is 13.7. The lowest BCUT2D eigenvalue weighted by atomic mass is 10.2. The fraction of sp³-hybridized carbons (Fsp3) is 0.280. The molecule has 0 radical (unpaired) electrons. The number of carbonyl (C=O) groups is 1. The van der Waals surface area contributed by atoms with E-state index in [1.807, 2.05) is 17.0 Å². The summed E-state index contributed by atoms with van der Waals surface area (Å²) in [5, 5.41) is 0.136. The lowest BCUT2D eigenvalue weighted by molar-refractivity contribution is -0.129. The Labute approximate surface area is 220 Å². The Morgan fingerprint density at radius 1 is 0.973 bits per heavy atom. The predicted molar refractivity (Wildman–Crippen MR) is 141 cm³/mol.